The van der Waals surface area contributed by atoms with Crippen molar-refractivity contribution in [1.29, 1.82) is 0 Å². The number of ether oxygens (including phenoxy) is 1. The maximum absolute atomic E-state index is 6.27. The van der Waals surface area contributed by atoms with Crippen molar-refractivity contribution in [3.63, 3.8) is 0 Å². The molecule has 3 rings (SSSR count). The van der Waals surface area contributed by atoms with Crippen molar-refractivity contribution < 1.29 is 4.74 Å². The Labute approximate surface area is 128 Å². The Kier molecular flexibility index (Phi) is 4.39. The van der Waals surface area contributed by atoms with Crippen LogP contribution in [-0.2, 0) is 6.42 Å². The minimum atomic E-state index is 0.185. The van der Waals surface area contributed by atoms with Crippen molar-refractivity contribution in [2.45, 2.75) is 51.5 Å². The van der Waals surface area contributed by atoms with Gasteiger partial charge in [0.05, 0.1) is 11.2 Å². The van der Waals surface area contributed by atoms with Crippen molar-refractivity contribution in [2.75, 3.05) is 31.6 Å². The molecule has 3 heteroatoms. The lowest BCUT2D eigenvalue weighted by Crippen LogP contribution is -2.53. The topological polar surface area (TPSA) is 24.5 Å². The second-order valence-electron chi connectivity index (χ2n) is 6.64. The number of likely N-dealkylation sites (N-methyl/N-ethyl adjacent to an activating group) is 1. The predicted molar refractivity (Wildman–Crippen MR) is 88.3 cm³/mol. The number of fused-ring (bicyclic) bond motifs is 1. The van der Waals surface area contributed by atoms with Gasteiger partial charge >= 0.3 is 0 Å². The second-order valence-corrected chi connectivity index (χ2v) is 6.64. The SMILES string of the molecule is CCN1CCCCC1(C)COc1cccc2c1NCCC2. The van der Waals surface area contributed by atoms with Crippen LogP contribution in [0, 0.1) is 0 Å². The molecule has 116 valence electrons. The fourth-order valence-corrected chi connectivity index (χ4v) is 3.77. The van der Waals surface area contributed by atoms with Crippen LogP contribution in [0.4, 0.5) is 5.69 Å². The highest BCUT2D eigenvalue weighted by Crippen LogP contribution is 2.34. The molecule has 2 aliphatic rings. The van der Waals surface area contributed by atoms with E-state index in [-0.39, 0.29) is 5.54 Å². The van der Waals surface area contributed by atoms with Crippen molar-refractivity contribution in [3.8, 4) is 5.75 Å². The molecule has 1 aromatic rings. The molecule has 1 N–H and O–H groups in total. The van der Waals surface area contributed by atoms with Gasteiger partial charge in [-0.2, -0.15) is 0 Å². The normalized spacial score (nSPS) is 26.0. The summed E-state index contributed by atoms with van der Waals surface area (Å²) >= 11 is 0. The van der Waals surface area contributed by atoms with E-state index in [9.17, 15) is 0 Å². The highest BCUT2D eigenvalue weighted by molar-refractivity contribution is 5.63. The molecule has 0 bridgehead atoms. The summed E-state index contributed by atoms with van der Waals surface area (Å²) in [5.41, 5.74) is 2.82. The molecule has 0 aromatic heterocycles. The molecule has 0 radical (unpaired) electrons. The molecule has 0 saturated carbocycles. The van der Waals surface area contributed by atoms with E-state index in [1.807, 2.05) is 0 Å². The van der Waals surface area contributed by atoms with E-state index in [0.717, 1.165) is 31.9 Å². The van der Waals surface area contributed by atoms with Crippen LogP contribution in [0.15, 0.2) is 18.2 Å². The first kappa shape index (κ1) is 14.7. The maximum Gasteiger partial charge on any atom is 0.142 e. The van der Waals surface area contributed by atoms with E-state index >= 15 is 0 Å². The number of para-hydroxylation sites is 1. The molecule has 2 aliphatic heterocycles. The summed E-state index contributed by atoms with van der Waals surface area (Å²) in [6, 6.07) is 6.45. The van der Waals surface area contributed by atoms with Gasteiger partial charge in [-0.05, 0) is 57.3 Å². The Hall–Kier alpha value is -1.22. The van der Waals surface area contributed by atoms with Crippen molar-refractivity contribution in [2.24, 2.45) is 0 Å². The van der Waals surface area contributed by atoms with Crippen LogP contribution in [0.3, 0.4) is 0 Å². The van der Waals surface area contributed by atoms with Gasteiger partial charge in [0.2, 0.25) is 0 Å². The van der Waals surface area contributed by atoms with E-state index < -0.39 is 0 Å². The van der Waals surface area contributed by atoms with Crippen molar-refractivity contribution >= 4 is 5.69 Å². The number of rotatable bonds is 4. The number of aryl methyl sites for hydroxylation is 1. The molecule has 1 atom stereocenters. The van der Waals surface area contributed by atoms with Gasteiger partial charge in [0.1, 0.15) is 12.4 Å². The largest absolute Gasteiger partial charge is 0.489 e. The minimum absolute atomic E-state index is 0.185. The molecule has 1 aromatic carbocycles. The summed E-state index contributed by atoms with van der Waals surface area (Å²) in [4.78, 5) is 2.58. The van der Waals surface area contributed by atoms with E-state index in [2.05, 4.69) is 42.3 Å². The molecular formula is C18H28N2O. The summed E-state index contributed by atoms with van der Waals surface area (Å²) in [6.45, 7) is 8.80. The van der Waals surface area contributed by atoms with E-state index in [1.165, 1.54) is 43.5 Å². The average molecular weight is 288 g/mol. The number of likely N-dealkylation sites (tertiary alicyclic amines) is 1. The standard InChI is InChI=1S/C18H28N2O/c1-3-20-13-5-4-11-18(20,2)14-21-16-10-6-8-15-9-7-12-19-17(15)16/h6,8,10,19H,3-5,7,9,11-14H2,1-2H3. The van der Waals surface area contributed by atoms with E-state index in [0.29, 0.717) is 0 Å². The molecule has 1 saturated heterocycles. The van der Waals surface area contributed by atoms with Gasteiger partial charge in [0.15, 0.2) is 0 Å². The van der Waals surface area contributed by atoms with E-state index in [4.69, 9.17) is 4.74 Å². The number of benzene rings is 1. The molecule has 2 heterocycles. The average Bonchev–Trinajstić information content (AvgIpc) is 2.53. The number of nitrogens with zero attached hydrogens (tertiary/aromatic N) is 1. The summed E-state index contributed by atoms with van der Waals surface area (Å²) in [5.74, 6) is 1.04. The number of anilines is 1. The summed E-state index contributed by atoms with van der Waals surface area (Å²) in [6.07, 6.45) is 6.27. The van der Waals surface area contributed by atoms with Gasteiger partial charge in [-0.3, -0.25) is 4.90 Å². The van der Waals surface area contributed by atoms with E-state index in [1.54, 1.807) is 0 Å². The first-order valence-electron chi connectivity index (χ1n) is 8.46. The van der Waals surface area contributed by atoms with Crippen LogP contribution >= 0.6 is 0 Å². The Morgan fingerprint density at radius 3 is 3.05 bits per heavy atom. The zero-order chi connectivity index (χ0) is 14.7. The smallest absolute Gasteiger partial charge is 0.142 e. The number of nitrogens with one attached hydrogen (secondary N) is 1. The van der Waals surface area contributed by atoms with Gasteiger partial charge in [-0.1, -0.05) is 25.5 Å². The van der Waals surface area contributed by atoms with Gasteiger partial charge in [-0.15, -0.1) is 0 Å². The van der Waals surface area contributed by atoms with Gasteiger partial charge in [0, 0.05) is 6.54 Å². The lowest BCUT2D eigenvalue weighted by atomic mass is 9.89. The predicted octanol–water partition coefficient (Wildman–Crippen LogP) is 3.69. The fourth-order valence-electron chi connectivity index (χ4n) is 3.77. The Bertz CT molecular complexity index is 488. The summed E-state index contributed by atoms with van der Waals surface area (Å²) < 4.78 is 6.27. The zero-order valence-corrected chi connectivity index (χ0v) is 13.5. The Morgan fingerprint density at radius 2 is 2.19 bits per heavy atom. The first-order valence-corrected chi connectivity index (χ1v) is 8.46. The number of piperidine rings is 1. The fraction of sp³-hybridized carbons (Fsp3) is 0.667. The van der Waals surface area contributed by atoms with Crippen LogP contribution in [0.5, 0.6) is 5.75 Å². The van der Waals surface area contributed by atoms with Gasteiger partial charge in [-0.25, -0.2) is 0 Å². The zero-order valence-electron chi connectivity index (χ0n) is 13.5. The van der Waals surface area contributed by atoms with Crippen molar-refractivity contribution in [3.05, 3.63) is 23.8 Å². The molecule has 1 unspecified atom stereocenters. The molecule has 0 aliphatic carbocycles. The summed E-state index contributed by atoms with van der Waals surface area (Å²) in [7, 11) is 0. The summed E-state index contributed by atoms with van der Waals surface area (Å²) in [5, 5.41) is 3.52. The van der Waals surface area contributed by atoms with Gasteiger partial charge in [0.25, 0.3) is 0 Å². The molecule has 3 nitrogen and oxygen atoms in total. The lowest BCUT2D eigenvalue weighted by Gasteiger charge is -2.44. The monoisotopic (exact) mass is 288 g/mol. The van der Waals surface area contributed by atoms with Crippen LogP contribution in [0.1, 0.15) is 45.1 Å². The Morgan fingerprint density at radius 1 is 1.29 bits per heavy atom. The molecular weight excluding hydrogens is 260 g/mol. The third-order valence-electron chi connectivity index (χ3n) is 5.11. The number of hydrogen-bond acceptors (Lipinski definition) is 3. The molecule has 21 heavy (non-hydrogen) atoms. The van der Waals surface area contributed by atoms with Crippen LogP contribution in [0.2, 0.25) is 0 Å². The van der Waals surface area contributed by atoms with Crippen LogP contribution < -0.4 is 10.1 Å². The lowest BCUT2D eigenvalue weighted by molar-refractivity contribution is 0.0252. The minimum Gasteiger partial charge on any atom is -0.489 e. The quantitative estimate of drug-likeness (QED) is 0.914. The molecule has 0 amide bonds. The highest BCUT2D eigenvalue weighted by Gasteiger charge is 2.34. The highest BCUT2D eigenvalue weighted by atomic mass is 16.5. The van der Waals surface area contributed by atoms with Crippen LogP contribution in [0.25, 0.3) is 0 Å². The third kappa shape index (κ3) is 3.03. The second kappa shape index (κ2) is 6.27. The maximum atomic E-state index is 6.27. The number of hydrogen-bond donors (Lipinski definition) is 1. The van der Waals surface area contributed by atoms with Crippen LogP contribution in [-0.4, -0.2) is 36.7 Å². The van der Waals surface area contributed by atoms with Crippen molar-refractivity contribution in [1.82, 2.24) is 4.90 Å². The molecule has 1 fully saturated rings. The Balaban J connectivity index is 1.72. The third-order valence-corrected chi connectivity index (χ3v) is 5.11. The molecule has 0 spiro atoms. The first-order chi connectivity index (χ1) is 10.2. The van der Waals surface area contributed by atoms with Gasteiger partial charge < -0.3 is 10.1 Å².